The Balaban J connectivity index is 1.35. The van der Waals surface area contributed by atoms with Gasteiger partial charge in [-0.15, -0.1) is 0 Å². The normalized spacial score (nSPS) is 40.0. The molecule has 9 atom stereocenters. The van der Waals surface area contributed by atoms with Gasteiger partial charge in [-0.2, -0.15) is 10.4 Å². The summed E-state index contributed by atoms with van der Waals surface area (Å²) in [6.07, 6.45) is 14.9. The predicted molar refractivity (Wildman–Crippen MR) is 170 cm³/mol. The first-order valence-corrected chi connectivity index (χ1v) is 19.6. The van der Waals surface area contributed by atoms with E-state index in [-0.39, 0.29) is 21.7 Å². The molecule has 4 aliphatic rings. The molecular formula is C35H59N3O3Si. The molecule has 4 saturated carbocycles. The third-order valence-electron chi connectivity index (χ3n) is 13.9. The highest BCUT2D eigenvalue weighted by molar-refractivity contribution is 6.74. The molecule has 0 spiro atoms. The van der Waals surface area contributed by atoms with E-state index in [0.717, 1.165) is 37.2 Å². The third-order valence-corrected chi connectivity index (χ3v) is 18.5. The molecule has 0 bridgehead atoms. The van der Waals surface area contributed by atoms with Crippen molar-refractivity contribution >= 4 is 8.32 Å². The fourth-order valence-electron chi connectivity index (χ4n) is 10.7. The second kappa shape index (κ2) is 11.0. The van der Waals surface area contributed by atoms with E-state index in [1.165, 1.54) is 44.9 Å². The smallest absolute Gasteiger partial charge is 0.192 e. The van der Waals surface area contributed by atoms with Crippen LogP contribution in [-0.2, 0) is 20.4 Å². The molecule has 1 aromatic heterocycles. The van der Waals surface area contributed by atoms with Crippen molar-refractivity contribution in [2.45, 2.75) is 135 Å². The van der Waals surface area contributed by atoms with Crippen LogP contribution in [0.25, 0.3) is 0 Å². The lowest BCUT2D eigenvalue weighted by atomic mass is 9.43. The molecule has 42 heavy (non-hydrogen) atoms. The zero-order chi connectivity index (χ0) is 30.8. The Morgan fingerprint density at radius 2 is 1.71 bits per heavy atom. The van der Waals surface area contributed by atoms with Crippen LogP contribution in [0.3, 0.4) is 0 Å². The van der Waals surface area contributed by atoms with Gasteiger partial charge in [-0.25, -0.2) is 0 Å². The summed E-state index contributed by atoms with van der Waals surface area (Å²) in [5, 5.41) is 14.0. The molecule has 0 N–H and O–H groups in total. The third kappa shape index (κ3) is 5.25. The zero-order valence-electron chi connectivity index (χ0n) is 28.4. The van der Waals surface area contributed by atoms with Crippen LogP contribution in [-0.4, -0.2) is 50.1 Å². The lowest BCUT2D eigenvalue weighted by Gasteiger charge is -2.63. The predicted octanol–water partition coefficient (Wildman–Crippen LogP) is 8.23. The second-order valence-corrected chi connectivity index (χ2v) is 21.8. The van der Waals surface area contributed by atoms with E-state index < -0.39 is 8.32 Å². The maximum absolute atomic E-state index is 9.32. The lowest BCUT2D eigenvalue weighted by molar-refractivity contribution is -0.170. The van der Waals surface area contributed by atoms with Gasteiger partial charge >= 0.3 is 0 Å². The molecule has 1 aromatic rings. The number of aromatic nitrogens is 2. The maximum Gasteiger partial charge on any atom is 0.192 e. The van der Waals surface area contributed by atoms with Crippen molar-refractivity contribution in [1.29, 1.82) is 5.26 Å². The summed E-state index contributed by atoms with van der Waals surface area (Å²) in [7, 11) is 1.82. The number of fused-ring (bicyclic) bond motifs is 5. The van der Waals surface area contributed by atoms with Crippen LogP contribution < -0.4 is 0 Å². The van der Waals surface area contributed by atoms with E-state index >= 15 is 0 Å². The highest BCUT2D eigenvalue weighted by atomic mass is 28.4. The molecule has 0 amide bonds. The summed E-state index contributed by atoms with van der Waals surface area (Å²) in [4.78, 5) is 0. The number of ether oxygens (including phenoxy) is 2. The number of nitriles is 1. The molecule has 5 rings (SSSR count). The Morgan fingerprint density at radius 3 is 2.33 bits per heavy atom. The largest absolute Gasteiger partial charge is 0.409 e. The molecule has 0 radical (unpaired) electrons. The van der Waals surface area contributed by atoms with E-state index in [1.54, 1.807) is 6.20 Å². The van der Waals surface area contributed by atoms with Gasteiger partial charge in [-0.05, 0) is 123 Å². The first kappa shape index (κ1) is 32.2. The van der Waals surface area contributed by atoms with Gasteiger partial charge in [-0.3, -0.25) is 4.68 Å². The Hall–Kier alpha value is -1.20. The van der Waals surface area contributed by atoms with Crippen LogP contribution in [0.1, 0.15) is 105 Å². The Morgan fingerprint density at radius 1 is 1.00 bits per heavy atom. The maximum atomic E-state index is 9.32. The van der Waals surface area contributed by atoms with Crippen LogP contribution in [0.2, 0.25) is 18.1 Å². The minimum atomic E-state index is -1.92. The van der Waals surface area contributed by atoms with Crippen molar-refractivity contribution in [2.75, 3.05) is 20.8 Å². The van der Waals surface area contributed by atoms with Gasteiger partial charge in [0.1, 0.15) is 6.07 Å². The fraction of sp³-hybridized carbons (Fsp3) is 0.886. The molecule has 6 nitrogen and oxygen atoms in total. The molecule has 1 heterocycles. The van der Waals surface area contributed by atoms with Gasteiger partial charge in [0.2, 0.25) is 0 Å². The molecule has 0 aliphatic heterocycles. The van der Waals surface area contributed by atoms with Gasteiger partial charge < -0.3 is 13.9 Å². The van der Waals surface area contributed by atoms with Gasteiger partial charge in [0.05, 0.1) is 36.1 Å². The summed E-state index contributed by atoms with van der Waals surface area (Å²) in [5.41, 5.74) is 0.853. The number of rotatable bonds is 8. The van der Waals surface area contributed by atoms with Crippen molar-refractivity contribution in [3.05, 3.63) is 18.0 Å². The van der Waals surface area contributed by atoms with E-state index in [9.17, 15) is 5.26 Å². The molecule has 7 heteroatoms. The monoisotopic (exact) mass is 597 g/mol. The van der Waals surface area contributed by atoms with Gasteiger partial charge in [0.15, 0.2) is 8.32 Å². The summed E-state index contributed by atoms with van der Waals surface area (Å²) in [5.74, 6) is 3.57. The molecule has 236 valence electrons. The van der Waals surface area contributed by atoms with Gasteiger partial charge in [0, 0.05) is 20.4 Å². The second-order valence-electron chi connectivity index (χ2n) is 17.1. The van der Waals surface area contributed by atoms with E-state index in [2.05, 4.69) is 65.8 Å². The molecule has 4 aliphatic carbocycles. The average Bonchev–Trinajstić information content (AvgIpc) is 3.52. The summed E-state index contributed by atoms with van der Waals surface area (Å²) >= 11 is 0. The fourth-order valence-corrected chi connectivity index (χ4v) is 12.3. The first-order chi connectivity index (χ1) is 19.6. The van der Waals surface area contributed by atoms with Crippen molar-refractivity contribution in [2.24, 2.45) is 40.4 Å². The van der Waals surface area contributed by atoms with Gasteiger partial charge in [0.25, 0.3) is 0 Å². The SMILES string of the molecule is COCC1(O[Si](C)(C)C(C)(C)C)CC[C@@]2(C)[C@H](CC[C@@H]3[C@@H]2CC[C@]2(C)C([C@@](C)(Cn4cc(C#N)cn4)OC)CC[C@@H]32)C1. The van der Waals surface area contributed by atoms with E-state index in [0.29, 0.717) is 29.4 Å². The first-order valence-electron chi connectivity index (χ1n) is 16.7. The molecule has 0 saturated heterocycles. The van der Waals surface area contributed by atoms with E-state index in [4.69, 9.17) is 13.9 Å². The van der Waals surface area contributed by atoms with Crippen LogP contribution >= 0.6 is 0 Å². The van der Waals surface area contributed by atoms with Crippen molar-refractivity contribution in [3.8, 4) is 6.07 Å². The quantitative estimate of drug-likeness (QED) is 0.282. The standard InChI is InChI=1S/C35H59N3O3Si/c1-31(2,3)42(9,10)41-35(24-39-7)18-17-32(4)26(19-35)11-12-27-28-13-14-30(33(28,5)16-15-29(27)32)34(6,40-8)23-38-22-25(20-36)21-37-38/h21-22,26-30H,11-19,23-24H2,1-10H3/t26-,27+,28+,29+,30?,32+,33+,34-,35?/m1/s1. The molecule has 2 unspecified atom stereocenters. The van der Waals surface area contributed by atoms with Crippen molar-refractivity contribution in [3.63, 3.8) is 0 Å². The topological polar surface area (TPSA) is 69.3 Å². The molecular weight excluding hydrogens is 538 g/mol. The van der Waals surface area contributed by atoms with Crippen LogP contribution in [0, 0.1) is 51.8 Å². The average molecular weight is 598 g/mol. The van der Waals surface area contributed by atoms with Crippen LogP contribution in [0.5, 0.6) is 0 Å². The molecule has 0 aromatic carbocycles. The number of hydrogen-bond donors (Lipinski definition) is 0. The Labute approximate surface area is 257 Å². The van der Waals surface area contributed by atoms with Crippen molar-refractivity contribution in [1.82, 2.24) is 9.78 Å². The van der Waals surface area contributed by atoms with Crippen molar-refractivity contribution < 1.29 is 13.9 Å². The highest BCUT2D eigenvalue weighted by Crippen LogP contribution is 2.69. The van der Waals surface area contributed by atoms with Crippen LogP contribution in [0.15, 0.2) is 12.4 Å². The number of nitrogens with zero attached hydrogens (tertiary/aromatic N) is 3. The summed E-state index contributed by atoms with van der Waals surface area (Å²) in [6, 6.07) is 2.22. The van der Waals surface area contributed by atoms with Crippen LogP contribution in [0.4, 0.5) is 0 Å². The lowest BCUT2D eigenvalue weighted by Crippen LogP contribution is -2.60. The highest BCUT2D eigenvalue weighted by Gasteiger charge is 2.64. The van der Waals surface area contributed by atoms with Gasteiger partial charge in [-0.1, -0.05) is 34.6 Å². The summed E-state index contributed by atoms with van der Waals surface area (Å²) in [6.45, 7) is 20.9. The number of methoxy groups -OCH3 is 2. The zero-order valence-corrected chi connectivity index (χ0v) is 29.4. The number of hydrogen-bond acceptors (Lipinski definition) is 5. The summed E-state index contributed by atoms with van der Waals surface area (Å²) < 4.78 is 21.5. The van der Waals surface area contributed by atoms with E-state index in [1.807, 2.05) is 25.1 Å². The minimum Gasteiger partial charge on any atom is -0.409 e. The molecule has 4 fully saturated rings. The Kier molecular flexibility index (Phi) is 8.43. The Bertz CT molecular complexity index is 1170. The minimum absolute atomic E-state index is 0.130.